The van der Waals surface area contributed by atoms with E-state index in [1.807, 2.05) is 19.2 Å². The normalized spacial score (nSPS) is 11.2. The molecule has 0 saturated carbocycles. The molecule has 2 heterocycles. The van der Waals surface area contributed by atoms with E-state index in [2.05, 4.69) is 51.2 Å². The largest absolute Gasteiger partial charge is 0.312 e. The minimum absolute atomic E-state index is 0.661. The zero-order chi connectivity index (χ0) is 13.8. The molecule has 0 radical (unpaired) electrons. The Balaban J connectivity index is 2.09. The van der Waals surface area contributed by atoms with Gasteiger partial charge in [-0.05, 0) is 46.9 Å². The van der Waals surface area contributed by atoms with Gasteiger partial charge in [0.05, 0.1) is 10.7 Å². The number of pyridine rings is 1. The molecular weight excluding hydrogens is 304 g/mol. The second-order valence-corrected chi connectivity index (χ2v) is 5.96. The molecule has 0 fully saturated rings. The first-order valence-electron chi connectivity index (χ1n) is 6.44. The first-order chi connectivity index (χ1) is 9.06. The zero-order valence-corrected chi connectivity index (χ0v) is 13.1. The van der Waals surface area contributed by atoms with Crippen molar-refractivity contribution in [3.05, 3.63) is 40.3 Å². The highest BCUT2D eigenvalue weighted by atomic mass is 79.9. The van der Waals surface area contributed by atoms with Crippen LogP contribution >= 0.6 is 15.9 Å². The lowest BCUT2D eigenvalue weighted by Crippen LogP contribution is -2.19. The summed E-state index contributed by atoms with van der Waals surface area (Å²) in [4.78, 5) is 4.59. The van der Waals surface area contributed by atoms with Crippen molar-refractivity contribution < 1.29 is 0 Å². The monoisotopic (exact) mass is 322 g/mol. The maximum atomic E-state index is 4.59. The van der Waals surface area contributed by atoms with Gasteiger partial charge in [-0.25, -0.2) is 9.67 Å². The predicted molar refractivity (Wildman–Crippen MR) is 80.3 cm³/mol. The van der Waals surface area contributed by atoms with Gasteiger partial charge in [0.25, 0.3) is 0 Å². The molecule has 19 heavy (non-hydrogen) atoms. The van der Waals surface area contributed by atoms with Crippen molar-refractivity contribution in [3.8, 4) is 5.82 Å². The highest BCUT2D eigenvalue weighted by Crippen LogP contribution is 2.13. The molecule has 0 aliphatic heterocycles. The van der Waals surface area contributed by atoms with Gasteiger partial charge in [-0.1, -0.05) is 19.9 Å². The lowest BCUT2D eigenvalue weighted by atomic mass is 10.2. The van der Waals surface area contributed by atoms with Crippen molar-refractivity contribution in [1.82, 2.24) is 20.1 Å². The van der Waals surface area contributed by atoms with Crippen LogP contribution in [0.1, 0.15) is 25.1 Å². The standard InChI is InChI=1S/C14H19BrN4/c1-10(2)6-16-7-12-4-5-14(18-11(12)3)19-9-13(15)8-17-19/h4-5,8-10,16H,6-7H2,1-3H3. The van der Waals surface area contributed by atoms with E-state index in [1.54, 1.807) is 10.9 Å². The average molecular weight is 323 g/mol. The molecular formula is C14H19BrN4. The molecule has 2 aromatic rings. The molecule has 0 spiro atoms. The number of aryl methyl sites for hydroxylation is 1. The average Bonchev–Trinajstić information content (AvgIpc) is 2.77. The van der Waals surface area contributed by atoms with Crippen LogP contribution in [0.3, 0.4) is 0 Å². The molecule has 1 N–H and O–H groups in total. The Morgan fingerprint density at radius 1 is 1.37 bits per heavy atom. The quantitative estimate of drug-likeness (QED) is 0.919. The van der Waals surface area contributed by atoms with E-state index in [0.717, 1.165) is 29.1 Å². The molecule has 102 valence electrons. The summed E-state index contributed by atoms with van der Waals surface area (Å²) in [6, 6.07) is 4.11. The molecule has 0 aliphatic carbocycles. The Hall–Kier alpha value is -1.20. The maximum absolute atomic E-state index is 4.59. The summed E-state index contributed by atoms with van der Waals surface area (Å²) < 4.78 is 2.72. The molecule has 0 amide bonds. The predicted octanol–water partition coefficient (Wildman–Crippen LogP) is 3.08. The van der Waals surface area contributed by atoms with Crippen molar-refractivity contribution in [2.45, 2.75) is 27.3 Å². The van der Waals surface area contributed by atoms with Gasteiger partial charge in [-0.2, -0.15) is 5.10 Å². The fourth-order valence-electron chi connectivity index (χ4n) is 1.81. The van der Waals surface area contributed by atoms with Gasteiger partial charge in [0.2, 0.25) is 0 Å². The summed E-state index contributed by atoms with van der Waals surface area (Å²) in [5.74, 6) is 1.50. The molecule has 2 rings (SSSR count). The number of nitrogens with zero attached hydrogens (tertiary/aromatic N) is 3. The van der Waals surface area contributed by atoms with Gasteiger partial charge < -0.3 is 5.32 Å². The van der Waals surface area contributed by atoms with Gasteiger partial charge in [-0.3, -0.25) is 0 Å². The topological polar surface area (TPSA) is 42.7 Å². The van der Waals surface area contributed by atoms with Gasteiger partial charge in [0, 0.05) is 18.4 Å². The molecule has 0 bridgehead atoms. The first-order valence-corrected chi connectivity index (χ1v) is 7.23. The van der Waals surface area contributed by atoms with Crippen LogP contribution in [0.15, 0.2) is 29.0 Å². The summed E-state index contributed by atoms with van der Waals surface area (Å²) in [6.07, 6.45) is 3.66. The molecule has 0 atom stereocenters. The number of hydrogen-bond donors (Lipinski definition) is 1. The molecule has 2 aromatic heterocycles. The highest BCUT2D eigenvalue weighted by Gasteiger charge is 2.05. The van der Waals surface area contributed by atoms with Crippen LogP contribution in [0.2, 0.25) is 0 Å². The second kappa shape index (κ2) is 6.30. The third-order valence-corrected chi connectivity index (χ3v) is 3.24. The van der Waals surface area contributed by atoms with Crippen molar-refractivity contribution >= 4 is 15.9 Å². The third kappa shape index (κ3) is 3.88. The Morgan fingerprint density at radius 3 is 2.74 bits per heavy atom. The Kier molecular flexibility index (Phi) is 4.71. The minimum Gasteiger partial charge on any atom is -0.312 e. The summed E-state index contributed by atoms with van der Waals surface area (Å²) in [5.41, 5.74) is 2.27. The second-order valence-electron chi connectivity index (χ2n) is 5.04. The molecule has 0 aromatic carbocycles. The van der Waals surface area contributed by atoms with E-state index in [4.69, 9.17) is 0 Å². The number of rotatable bonds is 5. The molecule has 0 unspecified atom stereocenters. The minimum atomic E-state index is 0.661. The number of halogens is 1. The molecule has 5 heteroatoms. The van der Waals surface area contributed by atoms with Crippen LogP contribution in [0.25, 0.3) is 5.82 Å². The van der Waals surface area contributed by atoms with Crippen molar-refractivity contribution in [2.75, 3.05) is 6.54 Å². The van der Waals surface area contributed by atoms with Crippen LogP contribution < -0.4 is 5.32 Å². The van der Waals surface area contributed by atoms with Gasteiger partial charge >= 0.3 is 0 Å². The lowest BCUT2D eigenvalue weighted by Gasteiger charge is -2.10. The Bertz CT molecular complexity index is 548. The number of hydrogen-bond acceptors (Lipinski definition) is 3. The highest BCUT2D eigenvalue weighted by molar-refractivity contribution is 9.10. The maximum Gasteiger partial charge on any atom is 0.153 e. The summed E-state index contributed by atoms with van der Waals surface area (Å²) in [6.45, 7) is 8.33. The van der Waals surface area contributed by atoms with Gasteiger partial charge in [0.1, 0.15) is 0 Å². The number of nitrogens with one attached hydrogen (secondary N) is 1. The lowest BCUT2D eigenvalue weighted by molar-refractivity contribution is 0.551. The number of aromatic nitrogens is 3. The fourth-order valence-corrected chi connectivity index (χ4v) is 2.10. The van der Waals surface area contributed by atoms with Crippen LogP contribution in [-0.4, -0.2) is 21.3 Å². The van der Waals surface area contributed by atoms with E-state index in [-0.39, 0.29) is 0 Å². The van der Waals surface area contributed by atoms with E-state index in [9.17, 15) is 0 Å². The van der Waals surface area contributed by atoms with Crippen molar-refractivity contribution in [3.63, 3.8) is 0 Å². The van der Waals surface area contributed by atoms with Crippen molar-refractivity contribution in [2.24, 2.45) is 5.92 Å². The van der Waals surface area contributed by atoms with Crippen LogP contribution in [0.4, 0.5) is 0 Å². The summed E-state index contributed by atoms with van der Waals surface area (Å²) >= 11 is 3.39. The Morgan fingerprint density at radius 2 is 2.16 bits per heavy atom. The molecule has 0 aliphatic rings. The van der Waals surface area contributed by atoms with E-state index in [1.165, 1.54) is 5.56 Å². The molecule has 4 nitrogen and oxygen atoms in total. The van der Waals surface area contributed by atoms with E-state index < -0.39 is 0 Å². The SMILES string of the molecule is Cc1nc(-n2cc(Br)cn2)ccc1CNCC(C)C. The first kappa shape index (κ1) is 14.2. The van der Waals surface area contributed by atoms with Gasteiger partial charge in [-0.15, -0.1) is 0 Å². The fraction of sp³-hybridized carbons (Fsp3) is 0.429. The Labute approximate surface area is 122 Å². The zero-order valence-electron chi connectivity index (χ0n) is 11.5. The van der Waals surface area contributed by atoms with Gasteiger partial charge in [0.15, 0.2) is 5.82 Å². The smallest absolute Gasteiger partial charge is 0.153 e. The summed E-state index contributed by atoms with van der Waals surface area (Å²) in [7, 11) is 0. The van der Waals surface area contributed by atoms with Crippen LogP contribution in [0, 0.1) is 12.8 Å². The van der Waals surface area contributed by atoms with Crippen LogP contribution in [0.5, 0.6) is 0 Å². The van der Waals surface area contributed by atoms with E-state index in [0.29, 0.717) is 5.92 Å². The third-order valence-electron chi connectivity index (χ3n) is 2.83. The van der Waals surface area contributed by atoms with Crippen LogP contribution in [-0.2, 0) is 6.54 Å². The summed E-state index contributed by atoms with van der Waals surface area (Å²) in [5, 5.41) is 7.67. The van der Waals surface area contributed by atoms with E-state index >= 15 is 0 Å². The molecule has 0 saturated heterocycles. The van der Waals surface area contributed by atoms with Crippen molar-refractivity contribution in [1.29, 1.82) is 0 Å².